The smallest absolute Gasteiger partial charge is 0.252 e. The fraction of sp³-hybridized carbons (Fsp3) is 0.357. The Hall–Kier alpha value is -1.71. The predicted molar refractivity (Wildman–Crippen MR) is 78.2 cm³/mol. The van der Waals surface area contributed by atoms with Crippen molar-refractivity contribution in [3.63, 3.8) is 0 Å². The minimum atomic E-state index is -0.948. The molecule has 0 aliphatic carbocycles. The Morgan fingerprint density at radius 1 is 1.50 bits per heavy atom. The minimum Gasteiger partial charge on any atom is -0.351 e. The second-order valence-corrected chi connectivity index (χ2v) is 5.75. The van der Waals surface area contributed by atoms with E-state index < -0.39 is 22.5 Å². The highest BCUT2D eigenvalue weighted by molar-refractivity contribution is 7.84. The average molecular weight is 296 g/mol. The van der Waals surface area contributed by atoms with Crippen LogP contribution < -0.4 is 11.1 Å². The summed E-state index contributed by atoms with van der Waals surface area (Å²) in [6, 6.07) is 3.81. The van der Waals surface area contributed by atoms with Gasteiger partial charge in [-0.1, -0.05) is 18.8 Å². The Kier molecular flexibility index (Phi) is 6.91. The molecule has 20 heavy (non-hydrogen) atoms. The van der Waals surface area contributed by atoms with Crippen molar-refractivity contribution in [3.05, 3.63) is 35.1 Å². The molecule has 0 aromatic heterocycles. The number of nitrogens with two attached hydrogens (primary N) is 1. The first-order chi connectivity index (χ1) is 9.58. The summed E-state index contributed by atoms with van der Waals surface area (Å²) < 4.78 is 24.5. The summed E-state index contributed by atoms with van der Waals surface area (Å²) in [5.74, 6) is 5.34. The average Bonchev–Trinajstić information content (AvgIpc) is 2.45. The molecule has 0 spiro atoms. The van der Waals surface area contributed by atoms with Crippen LogP contribution in [0.1, 0.15) is 22.8 Å². The molecule has 108 valence electrons. The van der Waals surface area contributed by atoms with Crippen molar-refractivity contribution in [2.75, 3.05) is 24.6 Å². The van der Waals surface area contributed by atoms with Crippen LogP contribution in [0.5, 0.6) is 0 Å². The molecule has 1 atom stereocenters. The lowest BCUT2D eigenvalue weighted by Gasteiger charge is -2.07. The number of hydrogen-bond donors (Lipinski definition) is 2. The maximum atomic E-state index is 13.2. The van der Waals surface area contributed by atoms with Crippen molar-refractivity contribution in [1.29, 1.82) is 0 Å². The van der Waals surface area contributed by atoms with Gasteiger partial charge in [-0.2, -0.15) is 0 Å². The van der Waals surface area contributed by atoms with Gasteiger partial charge in [0.1, 0.15) is 5.82 Å². The lowest BCUT2D eigenvalue weighted by molar-refractivity contribution is 0.0955. The molecular formula is C14H17FN2O2S. The van der Waals surface area contributed by atoms with Crippen LogP contribution in [0.3, 0.4) is 0 Å². The van der Waals surface area contributed by atoms with Gasteiger partial charge in [0.05, 0.1) is 12.1 Å². The number of rotatable bonds is 5. The van der Waals surface area contributed by atoms with Crippen LogP contribution in [-0.4, -0.2) is 34.7 Å². The van der Waals surface area contributed by atoms with Gasteiger partial charge in [0.2, 0.25) is 0 Å². The first-order valence-electron chi connectivity index (χ1n) is 6.20. The second-order valence-electron chi connectivity index (χ2n) is 3.88. The third-order valence-corrected chi connectivity index (χ3v) is 3.79. The summed E-state index contributed by atoms with van der Waals surface area (Å²) in [5.41, 5.74) is 5.86. The van der Waals surface area contributed by atoms with Crippen LogP contribution in [0, 0.1) is 17.7 Å². The van der Waals surface area contributed by atoms with Crippen LogP contribution >= 0.6 is 0 Å². The van der Waals surface area contributed by atoms with E-state index in [2.05, 4.69) is 17.2 Å². The predicted octanol–water partition coefficient (Wildman–Crippen LogP) is 0.634. The van der Waals surface area contributed by atoms with Crippen LogP contribution in [0.2, 0.25) is 0 Å². The van der Waals surface area contributed by atoms with Gasteiger partial charge in [-0.25, -0.2) is 4.39 Å². The maximum absolute atomic E-state index is 13.2. The standard InChI is InChI=1S/C14H17FN2O2S/c1-2-20(19)9-8-17-14(18)13-10-12(15)6-5-11(13)4-3-7-16/h5-6,10H,2,7-9,16H2,1H3,(H,17,18). The normalized spacial score (nSPS) is 11.3. The van der Waals surface area contributed by atoms with Gasteiger partial charge in [-0.15, -0.1) is 0 Å². The van der Waals surface area contributed by atoms with Crippen LogP contribution in [0.4, 0.5) is 4.39 Å². The maximum Gasteiger partial charge on any atom is 0.252 e. The van der Waals surface area contributed by atoms with E-state index in [0.29, 0.717) is 17.1 Å². The number of nitrogens with one attached hydrogen (secondary N) is 1. The SMILES string of the molecule is CCS(=O)CCNC(=O)c1cc(F)ccc1C#CCN. The molecule has 1 rings (SSSR count). The van der Waals surface area contributed by atoms with E-state index in [1.165, 1.54) is 12.1 Å². The van der Waals surface area contributed by atoms with Gasteiger partial charge in [-0.05, 0) is 18.2 Å². The zero-order valence-electron chi connectivity index (χ0n) is 11.2. The number of hydrogen-bond acceptors (Lipinski definition) is 3. The number of halogens is 1. The molecule has 3 N–H and O–H groups in total. The van der Waals surface area contributed by atoms with Gasteiger partial charge >= 0.3 is 0 Å². The summed E-state index contributed by atoms with van der Waals surface area (Å²) in [4.78, 5) is 12.0. The molecule has 0 radical (unpaired) electrons. The number of amides is 1. The molecule has 0 fully saturated rings. The molecular weight excluding hydrogens is 279 g/mol. The van der Waals surface area contributed by atoms with E-state index >= 15 is 0 Å². The summed E-state index contributed by atoms with van der Waals surface area (Å²) in [7, 11) is -0.948. The molecule has 0 bridgehead atoms. The Morgan fingerprint density at radius 3 is 2.90 bits per heavy atom. The van der Waals surface area contributed by atoms with Crippen LogP contribution in [0.25, 0.3) is 0 Å². The first-order valence-corrected chi connectivity index (χ1v) is 7.69. The summed E-state index contributed by atoms with van der Waals surface area (Å²) in [6.45, 7) is 2.25. The molecule has 4 nitrogen and oxygen atoms in total. The zero-order chi connectivity index (χ0) is 15.0. The molecule has 0 saturated heterocycles. The Balaban J connectivity index is 2.80. The summed E-state index contributed by atoms with van der Waals surface area (Å²) in [6.07, 6.45) is 0. The second kappa shape index (κ2) is 8.46. The van der Waals surface area contributed by atoms with E-state index in [-0.39, 0.29) is 18.7 Å². The third-order valence-electron chi connectivity index (χ3n) is 2.49. The van der Waals surface area contributed by atoms with Crippen LogP contribution in [0.15, 0.2) is 18.2 Å². The van der Waals surface area contributed by atoms with Crippen molar-refractivity contribution < 1.29 is 13.4 Å². The highest BCUT2D eigenvalue weighted by Crippen LogP contribution is 2.10. The molecule has 0 aliphatic heterocycles. The van der Waals surface area contributed by atoms with E-state index in [9.17, 15) is 13.4 Å². The highest BCUT2D eigenvalue weighted by atomic mass is 32.2. The highest BCUT2D eigenvalue weighted by Gasteiger charge is 2.11. The largest absolute Gasteiger partial charge is 0.351 e. The summed E-state index contributed by atoms with van der Waals surface area (Å²) >= 11 is 0. The van der Waals surface area contributed by atoms with Crippen LogP contribution in [-0.2, 0) is 10.8 Å². The monoisotopic (exact) mass is 296 g/mol. The molecule has 0 aliphatic rings. The van der Waals surface area contributed by atoms with E-state index in [1.807, 2.05) is 6.92 Å². The molecule has 0 heterocycles. The Bertz CT molecular complexity index is 564. The van der Waals surface area contributed by atoms with Crippen molar-refractivity contribution >= 4 is 16.7 Å². The van der Waals surface area contributed by atoms with Gasteiger partial charge in [0, 0.05) is 34.4 Å². The van der Waals surface area contributed by atoms with Crippen molar-refractivity contribution in [3.8, 4) is 11.8 Å². The van der Waals surface area contributed by atoms with E-state index in [1.54, 1.807) is 0 Å². The Labute approximate surface area is 120 Å². The van der Waals surface area contributed by atoms with Crippen molar-refractivity contribution in [2.24, 2.45) is 5.73 Å². The van der Waals surface area contributed by atoms with E-state index in [0.717, 1.165) is 6.07 Å². The van der Waals surface area contributed by atoms with Gasteiger partial charge in [-0.3, -0.25) is 9.00 Å². The molecule has 1 unspecified atom stereocenters. The number of carbonyl (C=O) groups excluding carboxylic acids is 1. The Morgan fingerprint density at radius 2 is 2.25 bits per heavy atom. The fourth-order valence-corrected chi connectivity index (χ4v) is 2.10. The quantitative estimate of drug-likeness (QED) is 0.783. The number of carbonyl (C=O) groups is 1. The lowest BCUT2D eigenvalue weighted by Crippen LogP contribution is -2.28. The molecule has 1 aromatic carbocycles. The van der Waals surface area contributed by atoms with E-state index in [4.69, 9.17) is 5.73 Å². The minimum absolute atomic E-state index is 0.160. The van der Waals surface area contributed by atoms with Crippen molar-refractivity contribution in [2.45, 2.75) is 6.92 Å². The van der Waals surface area contributed by atoms with Gasteiger partial charge < -0.3 is 11.1 Å². The molecule has 1 aromatic rings. The fourth-order valence-electron chi connectivity index (χ4n) is 1.48. The number of benzene rings is 1. The first kappa shape index (κ1) is 16.3. The lowest BCUT2D eigenvalue weighted by atomic mass is 10.1. The van der Waals surface area contributed by atoms with Gasteiger partial charge in [0.25, 0.3) is 5.91 Å². The summed E-state index contributed by atoms with van der Waals surface area (Å²) in [5, 5.41) is 2.61. The van der Waals surface area contributed by atoms with Crippen molar-refractivity contribution in [1.82, 2.24) is 5.32 Å². The zero-order valence-corrected chi connectivity index (χ0v) is 12.1. The topological polar surface area (TPSA) is 72.2 Å². The molecule has 6 heteroatoms. The third kappa shape index (κ3) is 5.11. The molecule has 0 saturated carbocycles. The van der Waals surface area contributed by atoms with Gasteiger partial charge in [0.15, 0.2) is 0 Å². The molecule has 1 amide bonds.